The fourth-order valence-corrected chi connectivity index (χ4v) is 5.78. The third-order valence-electron chi connectivity index (χ3n) is 5.84. The van der Waals surface area contributed by atoms with E-state index in [0.29, 0.717) is 6.04 Å². The molecule has 0 radical (unpaired) electrons. The van der Waals surface area contributed by atoms with Crippen LogP contribution in [0.25, 0.3) is 27.4 Å². The summed E-state index contributed by atoms with van der Waals surface area (Å²) in [4.78, 5) is 2.56. The summed E-state index contributed by atoms with van der Waals surface area (Å²) >= 11 is 1.92. The van der Waals surface area contributed by atoms with Crippen molar-refractivity contribution in [2.75, 3.05) is 16.5 Å². The number of benzene rings is 2. The highest BCUT2D eigenvalue weighted by molar-refractivity contribution is 8.02. The molecule has 2 N–H and O–H groups in total. The van der Waals surface area contributed by atoms with E-state index in [-0.39, 0.29) is 0 Å². The van der Waals surface area contributed by atoms with Gasteiger partial charge in [-0.2, -0.15) is 0 Å². The van der Waals surface area contributed by atoms with Gasteiger partial charge in [0.2, 0.25) is 0 Å². The smallest absolute Gasteiger partial charge is 0.0800 e. The van der Waals surface area contributed by atoms with E-state index in [2.05, 4.69) is 64.9 Å². The van der Waals surface area contributed by atoms with Crippen LogP contribution in [0.1, 0.15) is 18.4 Å². The van der Waals surface area contributed by atoms with Crippen LogP contribution >= 0.6 is 11.8 Å². The SMILES string of the molecule is Nn1c2ccccc2c2ccc3c(c21)C1=CSCC1N3C1=CC=CCC1. The van der Waals surface area contributed by atoms with Crippen molar-refractivity contribution in [2.24, 2.45) is 0 Å². The first kappa shape index (κ1) is 14.6. The molecule has 1 atom stereocenters. The van der Waals surface area contributed by atoms with E-state index < -0.39 is 0 Å². The van der Waals surface area contributed by atoms with Gasteiger partial charge in [-0.15, -0.1) is 11.8 Å². The van der Waals surface area contributed by atoms with E-state index in [4.69, 9.17) is 5.84 Å². The summed E-state index contributed by atoms with van der Waals surface area (Å²) in [6, 6.07) is 13.4. The molecule has 3 heterocycles. The van der Waals surface area contributed by atoms with Gasteiger partial charge in [-0.05, 0) is 42.0 Å². The highest BCUT2D eigenvalue weighted by Crippen LogP contribution is 2.52. The minimum atomic E-state index is 0.427. The molecule has 0 bridgehead atoms. The molecule has 2 aliphatic heterocycles. The number of nitrogen functional groups attached to an aromatic ring is 1. The largest absolute Gasteiger partial charge is 0.339 e. The summed E-state index contributed by atoms with van der Waals surface area (Å²) in [6.45, 7) is 0. The van der Waals surface area contributed by atoms with Gasteiger partial charge in [-0.3, -0.25) is 4.68 Å². The third kappa shape index (κ3) is 1.75. The standard InChI is InChI=1S/C22H19N3S/c23-25-18-9-5-4-8-15(18)16-10-11-19-21(22(16)25)17-12-26-13-20(17)24(19)14-6-2-1-3-7-14/h1-2,4-6,8-12,20H,3,7,13,23H2. The van der Waals surface area contributed by atoms with Gasteiger partial charge < -0.3 is 10.7 Å². The van der Waals surface area contributed by atoms with Crippen LogP contribution in [0.15, 0.2) is 65.7 Å². The Labute approximate surface area is 156 Å². The van der Waals surface area contributed by atoms with E-state index in [1.54, 1.807) is 0 Å². The Morgan fingerprint density at radius 3 is 2.88 bits per heavy atom. The number of aromatic nitrogens is 1. The molecule has 4 heteroatoms. The van der Waals surface area contributed by atoms with Crippen molar-refractivity contribution in [1.82, 2.24) is 4.68 Å². The average molecular weight is 357 g/mol. The Bertz CT molecular complexity index is 1170. The van der Waals surface area contributed by atoms with Crippen LogP contribution in [0.3, 0.4) is 0 Å². The van der Waals surface area contributed by atoms with Gasteiger partial charge in [0, 0.05) is 27.8 Å². The molecule has 0 amide bonds. The van der Waals surface area contributed by atoms with Crippen LogP contribution in [0.2, 0.25) is 0 Å². The Morgan fingerprint density at radius 1 is 1.08 bits per heavy atom. The van der Waals surface area contributed by atoms with E-state index >= 15 is 0 Å². The van der Waals surface area contributed by atoms with Crippen molar-refractivity contribution < 1.29 is 0 Å². The summed E-state index contributed by atoms with van der Waals surface area (Å²) in [5.74, 6) is 7.70. The van der Waals surface area contributed by atoms with Crippen molar-refractivity contribution in [1.29, 1.82) is 0 Å². The zero-order valence-electron chi connectivity index (χ0n) is 14.4. The zero-order chi connectivity index (χ0) is 17.3. The second-order valence-corrected chi connectivity index (χ2v) is 8.06. The van der Waals surface area contributed by atoms with Gasteiger partial charge in [0.15, 0.2) is 0 Å². The third-order valence-corrected chi connectivity index (χ3v) is 6.76. The Balaban J connectivity index is 1.70. The van der Waals surface area contributed by atoms with Crippen LogP contribution in [-0.4, -0.2) is 16.5 Å². The second kappa shape index (κ2) is 5.21. The minimum Gasteiger partial charge on any atom is -0.339 e. The number of allylic oxidation sites excluding steroid dienone is 4. The summed E-state index contributed by atoms with van der Waals surface area (Å²) in [5.41, 5.74) is 7.75. The number of anilines is 1. The summed E-state index contributed by atoms with van der Waals surface area (Å²) in [7, 11) is 0. The number of nitrogens with two attached hydrogens (primary N) is 1. The maximum absolute atomic E-state index is 6.59. The summed E-state index contributed by atoms with van der Waals surface area (Å²) in [5, 5.41) is 4.83. The number of rotatable bonds is 1. The molecule has 1 aromatic heterocycles. The Kier molecular flexibility index (Phi) is 2.92. The van der Waals surface area contributed by atoms with Gasteiger partial charge in [-0.25, -0.2) is 0 Å². The first-order valence-corrected chi connectivity index (χ1v) is 10.2. The lowest BCUT2D eigenvalue weighted by atomic mass is 10.0. The fourth-order valence-electron chi connectivity index (χ4n) is 4.72. The predicted octanol–water partition coefficient (Wildman–Crippen LogP) is 5.02. The number of hydrogen-bond donors (Lipinski definition) is 1. The lowest BCUT2D eigenvalue weighted by Gasteiger charge is -2.29. The highest BCUT2D eigenvalue weighted by atomic mass is 32.2. The number of para-hydroxylation sites is 1. The normalized spacial score (nSPS) is 21.2. The molecule has 1 aliphatic carbocycles. The van der Waals surface area contributed by atoms with Crippen LogP contribution in [0.4, 0.5) is 5.69 Å². The molecule has 0 fully saturated rings. The average Bonchev–Trinajstić information content (AvgIpc) is 3.35. The molecule has 1 unspecified atom stereocenters. The van der Waals surface area contributed by atoms with Gasteiger partial charge in [0.05, 0.1) is 22.8 Å². The molecule has 6 rings (SSSR count). The molecule has 3 nitrogen and oxygen atoms in total. The van der Waals surface area contributed by atoms with E-state index in [9.17, 15) is 0 Å². The molecular formula is C22H19N3S. The van der Waals surface area contributed by atoms with Gasteiger partial charge in [-0.1, -0.05) is 36.4 Å². The van der Waals surface area contributed by atoms with Crippen LogP contribution in [-0.2, 0) is 0 Å². The monoisotopic (exact) mass is 357 g/mol. The highest BCUT2D eigenvalue weighted by Gasteiger charge is 2.40. The van der Waals surface area contributed by atoms with E-state index in [1.165, 1.54) is 33.3 Å². The first-order valence-electron chi connectivity index (χ1n) is 9.13. The Morgan fingerprint density at radius 2 is 2.00 bits per heavy atom. The maximum atomic E-state index is 6.59. The van der Waals surface area contributed by atoms with Crippen molar-refractivity contribution in [3.63, 3.8) is 0 Å². The molecule has 128 valence electrons. The van der Waals surface area contributed by atoms with Crippen LogP contribution < -0.4 is 10.7 Å². The van der Waals surface area contributed by atoms with Crippen LogP contribution in [0.5, 0.6) is 0 Å². The van der Waals surface area contributed by atoms with Gasteiger partial charge >= 0.3 is 0 Å². The topological polar surface area (TPSA) is 34.2 Å². The van der Waals surface area contributed by atoms with Crippen molar-refractivity contribution >= 4 is 44.8 Å². The molecular weight excluding hydrogens is 338 g/mol. The quantitative estimate of drug-likeness (QED) is 0.621. The van der Waals surface area contributed by atoms with Crippen molar-refractivity contribution in [3.8, 4) is 0 Å². The minimum absolute atomic E-state index is 0.427. The van der Waals surface area contributed by atoms with Crippen molar-refractivity contribution in [2.45, 2.75) is 18.9 Å². The number of thioether (sulfide) groups is 1. The van der Waals surface area contributed by atoms with E-state index in [1.807, 2.05) is 16.4 Å². The second-order valence-electron chi connectivity index (χ2n) is 7.16. The van der Waals surface area contributed by atoms with Crippen LogP contribution in [0, 0.1) is 0 Å². The predicted molar refractivity (Wildman–Crippen MR) is 113 cm³/mol. The van der Waals surface area contributed by atoms with Gasteiger partial charge in [0.25, 0.3) is 0 Å². The zero-order valence-corrected chi connectivity index (χ0v) is 15.2. The van der Waals surface area contributed by atoms with Crippen molar-refractivity contribution in [3.05, 3.63) is 71.3 Å². The number of hydrogen-bond acceptors (Lipinski definition) is 3. The van der Waals surface area contributed by atoms with E-state index in [0.717, 1.165) is 29.6 Å². The summed E-state index contributed by atoms with van der Waals surface area (Å²) in [6.07, 6.45) is 8.95. The molecule has 26 heavy (non-hydrogen) atoms. The fraction of sp³-hybridized carbons (Fsp3) is 0.182. The molecule has 3 aromatic rings. The molecule has 0 spiro atoms. The molecule has 3 aliphatic rings. The first-order chi connectivity index (χ1) is 12.8. The molecule has 0 saturated carbocycles. The summed E-state index contributed by atoms with van der Waals surface area (Å²) < 4.78 is 1.89. The number of fused-ring (bicyclic) bond motifs is 7. The molecule has 2 aromatic carbocycles. The lowest BCUT2D eigenvalue weighted by Crippen LogP contribution is -2.31. The maximum Gasteiger partial charge on any atom is 0.0800 e. The lowest BCUT2D eigenvalue weighted by molar-refractivity contribution is 0.810. The Hall–Kier alpha value is -2.59. The molecule has 0 saturated heterocycles. The number of nitrogens with zero attached hydrogens (tertiary/aromatic N) is 2. The van der Waals surface area contributed by atoms with Gasteiger partial charge in [0.1, 0.15) is 0 Å².